The lowest BCUT2D eigenvalue weighted by molar-refractivity contribution is 0.154. The Hall–Kier alpha value is -3.57. The van der Waals surface area contributed by atoms with Crippen molar-refractivity contribution in [3.63, 3.8) is 0 Å². The van der Waals surface area contributed by atoms with Crippen molar-refractivity contribution < 1.29 is 14.6 Å². The molecule has 0 spiro atoms. The number of aliphatic hydroxyl groups excluding tert-OH is 1. The first-order valence-corrected chi connectivity index (χ1v) is 11.2. The first-order chi connectivity index (χ1) is 16.2. The van der Waals surface area contributed by atoms with Crippen molar-refractivity contribution in [2.24, 2.45) is 0 Å². The maximum absolute atomic E-state index is 11.1. The molecule has 0 aliphatic rings. The Balaban J connectivity index is 1.52. The molecule has 1 unspecified atom stereocenters. The van der Waals surface area contributed by atoms with Gasteiger partial charge in [-0.2, -0.15) is 0 Å². The third-order valence-electron chi connectivity index (χ3n) is 6.05. The van der Waals surface area contributed by atoms with Crippen LogP contribution in [-0.2, 0) is 6.54 Å². The summed E-state index contributed by atoms with van der Waals surface area (Å²) in [6.45, 7) is 0.688. The van der Waals surface area contributed by atoms with Crippen molar-refractivity contribution in [3.05, 3.63) is 114 Å². The number of ether oxygens (including phenoxy) is 2. The molecule has 33 heavy (non-hydrogen) atoms. The van der Waals surface area contributed by atoms with Crippen LogP contribution in [0.15, 0.2) is 91.4 Å². The fraction of sp³-hybridized carbons (Fsp3) is 0.250. The molecule has 5 heteroatoms. The van der Waals surface area contributed by atoms with Crippen molar-refractivity contribution in [1.29, 1.82) is 0 Å². The Labute approximate surface area is 195 Å². The van der Waals surface area contributed by atoms with E-state index in [9.17, 15) is 5.11 Å². The van der Waals surface area contributed by atoms with Crippen LogP contribution in [0.1, 0.15) is 47.2 Å². The van der Waals surface area contributed by atoms with Gasteiger partial charge in [0.1, 0.15) is 11.5 Å². The number of aromatic nitrogens is 2. The SMILES string of the molecule is COc1ccc(C(CCC(O)c2cncn2Cc2ccccc2)c2ccc(OC)cc2)cc1. The van der Waals surface area contributed by atoms with Gasteiger partial charge in [0.05, 0.1) is 38.5 Å². The number of benzene rings is 3. The molecule has 0 aliphatic heterocycles. The molecule has 0 fully saturated rings. The average Bonchev–Trinajstić information content (AvgIpc) is 3.33. The predicted octanol–water partition coefficient (Wildman–Crippen LogP) is 5.59. The number of aliphatic hydroxyl groups is 1. The van der Waals surface area contributed by atoms with E-state index < -0.39 is 6.10 Å². The van der Waals surface area contributed by atoms with Crippen LogP contribution in [0.2, 0.25) is 0 Å². The summed E-state index contributed by atoms with van der Waals surface area (Å²) in [5.41, 5.74) is 4.39. The zero-order chi connectivity index (χ0) is 23.0. The summed E-state index contributed by atoms with van der Waals surface area (Å²) in [7, 11) is 3.34. The summed E-state index contributed by atoms with van der Waals surface area (Å²) in [6.07, 6.45) is 4.36. The second-order valence-electron chi connectivity index (χ2n) is 8.12. The average molecular weight is 443 g/mol. The van der Waals surface area contributed by atoms with E-state index in [0.717, 1.165) is 23.6 Å². The highest BCUT2D eigenvalue weighted by Gasteiger charge is 2.19. The maximum atomic E-state index is 11.1. The molecular formula is C28H30N2O3. The van der Waals surface area contributed by atoms with Crippen molar-refractivity contribution in [2.75, 3.05) is 14.2 Å². The van der Waals surface area contributed by atoms with Crippen molar-refractivity contribution in [2.45, 2.75) is 31.4 Å². The molecule has 1 heterocycles. The molecule has 4 rings (SSSR count). The van der Waals surface area contributed by atoms with E-state index in [1.54, 1.807) is 26.7 Å². The van der Waals surface area contributed by atoms with Gasteiger partial charge in [0.2, 0.25) is 0 Å². The van der Waals surface area contributed by atoms with Gasteiger partial charge in [0.25, 0.3) is 0 Å². The van der Waals surface area contributed by atoms with Crippen LogP contribution in [0.3, 0.4) is 0 Å². The lowest BCUT2D eigenvalue weighted by Gasteiger charge is -2.21. The van der Waals surface area contributed by atoms with Crippen LogP contribution in [0.4, 0.5) is 0 Å². The van der Waals surface area contributed by atoms with Gasteiger partial charge in [-0.05, 0) is 53.8 Å². The summed E-state index contributed by atoms with van der Waals surface area (Å²) < 4.78 is 12.7. The maximum Gasteiger partial charge on any atom is 0.118 e. The molecule has 0 saturated carbocycles. The van der Waals surface area contributed by atoms with E-state index in [-0.39, 0.29) is 5.92 Å². The quantitative estimate of drug-likeness (QED) is 0.348. The summed E-state index contributed by atoms with van der Waals surface area (Å²) in [5.74, 6) is 1.80. The third kappa shape index (κ3) is 5.62. The molecule has 0 radical (unpaired) electrons. The minimum absolute atomic E-state index is 0.141. The largest absolute Gasteiger partial charge is 0.497 e. The molecule has 1 atom stereocenters. The third-order valence-corrected chi connectivity index (χ3v) is 6.05. The van der Waals surface area contributed by atoms with Crippen molar-refractivity contribution in [1.82, 2.24) is 9.55 Å². The fourth-order valence-corrected chi connectivity index (χ4v) is 4.19. The molecule has 4 aromatic rings. The highest BCUT2D eigenvalue weighted by Crippen LogP contribution is 2.34. The summed E-state index contributed by atoms with van der Waals surface area (Å²) in [6, 6.07) is 26.5. The van der Waals surface area contributed by atoms with E-state index in [4.69, 9.17) is 9.47 Å². The fourth-order valence-electron chi connectivity index (χ4n) is 4.19. The van der Waals surface area contributed by atoms with Gasteiger partial charge in [0.15, 0.2) is 0 Å². The summed E-state index contributed by atoms with van der Waals surface area (Å²) in [5, 5.41) is 11.1. The minimum atomic E-state index is -0.602. The Morgan fingerprint density at radius 3 is 1.91 bits per heavy atom. The normalized spacial score (nSPS) is 12.0. The zero-order valence-electron chi connectivity index (χ0n) is 19.1. The van der Waals surface area contributed by atoms with E-state index in [0.29, 0.717) is 13.0 Å². The molecule has 0 bridgehead atoms. The van der Waals surface area contributed by atoms with E-state index >= 15 is 0 Å². The lowest BCUT2D eigenvalue weighted by atomic mass is 9.86. The Morgan fingerprint density at radius 2 is 1.36 bits per heavy atom. The molecule has 0 amide bonds. The predicted molar refractivity (Wildman–Crippen MR) is 130 cm³/mol. The van der Waals surface area contributed by atoms with Gasteiger partial charge in [-0.1, -0.05) is 54.6 Å². The van der Waals surface area contributed by atoms with Gasteiger partial charge in [-0.25, -0.2) is 4.98 Å². The van der Waals surface area contributed by atoms with Gasteiger partial charge >= 0.3 is 0 Å². The van der Waals surface area contributed by atoms with Gasteiger partial charge < -0.3 is 19.1 Å². The number of rotatable bonds is 10. The molecule has 170 valence electrons. The molecule has 0 aliphatic carbocycles. The van der Waals surface area contributed by atoms with Crippen molar-refractivity contribution in [3.8, 4) is 11.5 Å². The van der Waals surface area contributed by atoms with E-state index in [1.807, 2.05) is 47.0 Å². The Kier molecular flexibility index (Phi) is 7.43. The first-order valence-electron chi connectivity index (χ1n) is 11.2. The monoisotopic (exact) mass is 442 g/mol. The number of methoxy groups -OCH3 is 2. The highest BCUT2D eigenvalue weighted by atomic mass is 16.5. The van der Waals surface area contributed by atoms with Crippen LogP contribution in [0.25, 0.3) is 0 Å². The van der Waals surface area contributed by atoms with E-state index in [2.05, 4.69) is 41.4 Å². The topological polar surface area (TPSA) is 56.5 Å². The van der Waals surface area contributed by atoms with Gasteiger partial charge in [0, 0.05) is 12.5 Å². The van der Waals surface area contributed by atoms with Gasteiger partial charge in [-0.3, -0.25) is 0 Å². The Morgan fingerprint density at radius 1 is 0.788 bits per heavy atom. The second kappa shape index (κ2) is 10.8. The standard InChI is InChI=1S/C28H30N2O3/c1-32-24-12-8-22(9-13-24)26(23-10-14-25(33-2)15-11-23)16-17-28(31)27-18-29-20-30(27)19-21-6-4-3-5-7-21/h3-15,18,20,26,28,31H,16-17,19H2,1-2H3. The van der Waals surface area contributed by atoms with Crippen LogP contribution in [0, 0.1) is 0 Å². The van der Waals surface area contributed by atoms with Crippen LogP contribution in [-0.4, -0.2) is 28.9 Å². The number of imidazole rings is 1. The lowest BCUT2D eigenvalue weighted by Crippen LogP contribution is -2.10. The molecular weight excluding hydrogens is 412 g/mol. The number of hydrogen-bond acceptors (Lipinski definition) is 4. The summed E-state index contributed by atoms with van der Waals surface area (Å²) >= 11 is 0. The van der Waals surface area contributed by atoms with E-state index in [1.165, 1.54) is 16.7 Å². The summed E-state index contributed by atoms with van der Waals surface area (Å²) in [4.78, 5) is 4.30. The number of hydrogen-bond donors (Lipinski definition) is 1. The van der Waals surface area contributed by atoms with Crippen LogP contribution < -0.4 is 9.47 Å². The first kappa shape index (κ1) is 22.6. The molecule has 1 N–H and O–H groups in total. The molecule has 0 saturated heterocycles. The van der Waals surface area contributed by atoms with Gasteiger partial charge in [-0.15, -0.1) is 0 Å². The molecule has 5 nitrogen and oxygen atoms in total. The minimum Gasteiger partial charge on any atom is -0.497 e. The van der Waals surface area contributed by atoms with Crippen molar-refractivity contribution >= 4 is 0 Å². The number of nitrogens with zero attached hydrogens (tertiary/aromatic N) is 2. The smallest absolute Gasteiger partial charge is 0.118 e. The highest BCUT2D eigenvalue weighted by molar-refractivity contribution is 5.38. The second-order valence-corrected chi connectivity index (χ2v) is 8.12. The Bertz CT molecular complexity index is 1070. The zero-order valence-corrected chi connectivity index (χ0v) is 19.1. The molecule has 3 aromatic carbocycles. The van der Waals surface area contributed by atoms with Crippen LogP contribution in [0.5, 0.6) is 11.5 Å². The molecule has 1 aromatic heterocycles. The van der Waals surface area contributed by atoms with Crippen LogP contribution >= 0.6 is 0 Å².